The fourth-order valence-corrected chi connectivity index (χ4v) is 8.24. The van der Waals surface area contributed by atoms with Gasteiger partial charge < -0.3 is 5.11 Å². The molecule has 0 unspecified atom stereocenters. The molecule has 0 radical (unpaired) electrons. The largest absolute Gasteiger partial charge is 0.478 e. The number of ketones is 2. The lowest BCUT2D eigenvalue weighted by Gasteiger charge is -2.26. The van der Waals surface area contributed by atoms with Gasteiger partial charge in [-0.15, -0.1) is 0 Å². The monoisotopic (exact) mass is 600 g/mol. The van der Waals surface area contributed by atoms with Crippen molar-refractivity contribution in [2.45, 2.75) is 16.7 Å². The van der Waals surface area contributed by atoms with Gasteiger partial charge in [0, 0.05) is 11.1 Å². The van der Waals surface area contributed by atoms with E-state index in [1.165, 1.54) is 78.9 Å². The first-order valence-corrected chi connectivity index (χ1v) is 15.3. The summed E-state index contributed by atoms with van der Waals surface area (Å²) in [5.74, 6) is -3.12. The van der Waals surface area contributed by atoms with Crippen LogP contribution in [-0.4, -0.2) is 39.5 Å². The van der Waals surface area contributed by atoms with E-state index in [1.807, 2.05) is 0 Å². The minimum atomic E-state index is -4.76. The van der Waals surface area contributed by atoms with Crippen LogP contribution in [0.3, 0.4) is 0 Å². The molecular formula is C30H20N2O8S2. The maximum absolute atomic E-state index is 14.2. The first-order chi connectivity index (χ1) is 19.9. The van der Waals surface area contributed by atoms with Gasteiger partial charge in [0.25, 0.3) is 20.0 Å². The number of para-hydroxylation sites is 2. The van der Waals surface area contributed by atoms with Gasteiger partial charge in [-0.3, -0.25) is 9.59 Å². The van der Waals surface area contributed by atoms with Gasteiger partial charge in [-0.25, -0.2) is 30.2 Å². The zero-order valence-electron chi connectivity index (χ0n) is 21.8. The molecule has 4 aromatic rings. The number of carbonyl (C=O) groups is 3. The number of Topliss-reactive ketones (excluding diaryl/α,β-unsaturated/α-hetero) is 2. The molecule has 2 aliphatic rings. The molecule has 0 saturated carbocycles. The highest BCUT2D eigenvalue weighted by Crippen LogP contribution is 2.46. The molecule has 0 aliphatic carbocycles. The van der Waals surface area contributed by atoms with Crippen LogP contribution < -0.4 is 8.61 Å². The van der Waals surface area contributed by atoms with Crippen LogP contribution in [0.25, 0.3) is 0 Å². The Balaban J connectivity index is 1.69. The van der Waals surface area contributed by atoms with Crippen molar-refractivity contribution < 1.29 is 36.3 Å². The fourth-order valence-electron chi connectivity index (χ4n) is 5.05. The van der Waals surface area contributed by atoms with Gasteiger partial charge in [0.1, 0.15) is 11.4 Å². The van der Waals surface area contributed by atoms with E-state index in [4.69, 9.17) is 0 Å². The average Bonchev–Trinajstić information content (AvgIpc) is 3.44. The number of anilines is 2. The summed E-state index contributed by atoms with van der Waals surface area (Å²) in [6, 6.07) is 22.0. The summed E-state index contributed by atoms with van der Waals surface area (Å²) in [6.45, 7) is 1.69. The molecule has 42 heavy (non-hydrogen) atoms. The third kappa shape index (κ3) is 3.95. The lowest BCUT2D eigenvalue weighted by molar-refractivity contribution is 0.0696. The second-order valence-electron chi connectivity index (χ2n) is 9.58. The molecule has 0 aromatic heterocycles. The first-order valence-electron chi connectivity index (χ1n) is 12.5. The Morgan fingerprint density at radius 3 is 1.55 bits per heavy atom. The number of sulfonamides is 2. The number of aryl methyl sites for hydroxylation is 1. The number of carboxylic acid groups (broad SMARTS) is 1. The van der Waals surface area contributed by atoms with E-state index < -0.39 is 53.9 Å². The number of nitrogens with zero attached hydrogens (tertiary/aromatic N) is 2. The Bertz CT molecular complexity index is 2120. The minimum absolute atomic E-state index is 0.0368. The lowest BCUT2D eigenvalue weighted by Crippen LogP contribution is -2.36. The molecular weight excluding hydrogens is 580 g/mol. The standard InChI is InChI=1S/C30H20N2O8S2/c1-18-8-6-10-20(16-18)41(37,38)31-24-14-4-2-12-22(24)28(33)26(31)27-29(34)23-13-3-5-15-25(23)32(27)42(39,40)21-11-7-9-19(17-21)30(35)36/h2-17H,1H3,(H,35,36)/b27-26+. The van der Waals surface area contributed by atoms with E-state index >= 15 is 0 Å². The summed E-state index contributed by atoms with van der Waals surface area (Å²) in [5.41, 5.74) is -1.30. The predicted molar refractivity (Wildman–Crippen MR) is 152 cm³/mol. The van der Waals surface area contributed by atoms with Crippen molar-refractivity contribution in [2.24, 2.45) is 0 Å². The summed E-state index contributed by atoms with van der Waals surface area (Å²) in [6.07, 6.45) is 0. The van der Waals surface area contributed by atoms with Gasteiger partial charge in [-0.1, -0.05) is 42.5 Å². The van der Waals surface area contributed by atoms with Crippen molar-refractivity contribution in [3.8, 4) is 0 Å². The summed E-state index contributed by atoms with van der Waals surface area (Å²) in [5, 5.41) is 9.46. The molecule has 0 amide bonds. The predicted octanol–water partition coefficient (Wildman–Crippen LogP) is 4.39. The SMILES string of the molecule is Cc1cccc(S(=O)(=O)N2/C(=C3\C(=O)c4ccccc4N3S(=O)(=O)c3cccc(C(=O)O)c3)C(=O)c3ccccc32)c1. The molecule has 1 N–H and O–H groups in total. The number of hydrogen-bond acceptors (Lipinski definition) is 7. The Labute approximate surface area is 240 Å². The number of carbonyl (C=O) groups excluding carboxylic acids is 2. The second kappa shape index (κ2) is 9.50. The van der Waals surface area contributed by atoms with E-state index in [-0.39, 0.29) is 33.0 Å². The summed E-state index contributed by atoms with van der Waals surface area (Å²) in [7, 11) is -9.31. The van der Waals surface area contributed by atoms with Crippen molar-refractivity contribution >= 4 is 49.0 Å². The highest BCUT2D eigenvalue weighted by molar-refractivity contribution is 7.93. The normalized spacial score (nSPS) is 16.5. The maximum atomic E-state index is 14.2. The minimum Gasteiger partial charge on any atom is -0.478 e. The van der Waals surface area contributed by atoms with Crippen molar-refractivity contribution in [2.75, 3.05) is 8.61 Å². The molecule has 0 spiro atoms. The number of hydrogen-bond donors (Lipinski definition) is 1. The average molecular weight is 601 g/mol. The summed E-state index contributed by atoms with van der Waals surface area (Å²) < 4.78 is 58.1. The molecule has 10 nitrogen and oxygen atoms in total. The van der Waals surface area contributed by atoms with Crippen LogP contribution in [-0.2, 0) is 20.0 Å². The van der Waals surface area contributed by atoms with Gasteiger partial charge in [-0.2, -0.15) is 0 Å². The smallest absolute Gasteiger partial charge is 0.335 e. The molecule has 0 saturated heterocycles. The van der Waals surface area contributed by atoms with E-state index in [9.17, 15) is 36.3 Å². The summed E-state index contributed by atoms with van der Waals surface area (Å²) in [4.78, 5) is 38.9. The van der Waals surface area contributed by atoms with Crippen LogP contribution in [0.5, 0.6) is 0 Å². The molecule has 210 valence electrons. The number of aromatic carboxylic acids is 1. The number of fused-ring (bicyclic) bond motifs is 2. The van der Waals surface area contributed by atoms with E-state index in [0.717, 1.165) is 16.4 Å². The molecule has 0 fully saturated rings. The van der Waals surface area contributed by atoms with Crippen LogP contribution >= 0.6 is 0 Å². The number of rotatable bonds is 5. The van der Waals surface area contributed by atoms with Crippen LogP contribution in [0.2, 0.25) is 0 Å². The van der Waals surface area contributed by atoms with Gasteiger partial charge >= 0.3 is 5.97 Å². The first kappa shape index (κ1) is 27.1. The molecule has 2 heterocycles. The van der Waals surface area contributed by atoms with E-state index in [1.54, 1.807) is 13.0 Å². The van der Waals surface area contributed by atoms with E-state index in [0.29, 0.717) is 9.87 Å². The quantitative estimate of drug-likeness (QED) is 0.332. The molecule has 0 bridgehead atoms. The Morgan fingerprint density at radius 2 is 1.07 bits per heavy atom. The highest BCUT2D eigenvalue weighted by atomic mass is 32.2. The Kier molecular flexibility index (Phi) is 6.13. The van der Waals surface area contributed by atoms with Crippen LogP contribution in [0, 0.1) is 6.92 Å². The number of allylic oxidation sites excluding steroid dienone is 2. The summed E-state index contributed by atoms with van der Waals surface area (Å²) >= 11 is 0. The van der Waals surface area contributed by atoms with Crippen molar-refractivity contribution in [1.82, 2.24) is 0 Å². The van der Waals surface area contributed by atoms with Crippen molar-refractivity contribution in [3.63, 3.8) is 0 Å². The maximum Gasteiger partial charge on any atom is 0.335 e. The van der Waals surface area contributed by atoms with Crippen LogP contribution in [0.1, 0.15) is 36.6 Å². The van der Waals surface area contributed by atoms with E-state index in [2.05, 4.69) is 0 Å². The molecule has 2 aliphatic heterocycles. The van der Waals surface area contributed by atoms with Gasteiger partial charge in [0.2, 0.25) is 11.6 Å². The third-order valence-corrected chi connectivity index (χ3v) is 10.4. The second-order valence-corrected chi connectivity index (χ2v) is 13.2. The van der Waals surface area contributed by atoms with Crippen molar-refractivity contribution in [3.05, 3.63) is 131 Å². The van der Waals surface area contributed by atoms with Crippen molar-refractivity contribution in [1.29, 1.82) is 0 Å². The Morgan fingerprint density at radius 1 is 0.619 bits per heavy atom. The number of carboxylic acids is 1. The number of benzene rings is 4. The molecule has 4 aromatic carbocycles. The zero-order valence-corrected chi connectivity index (χ0v) is 23.4. The van der Waals surface area contributed by atoms with Gasteiger partial charge in [-0.05, 0) is 67.1 Å². The van der Waals surface area contributed by atoms with Crippen LogP contribution in [0.4, 0.5) is 11.4 Å². The molecule has 6 rings (SSSR count). The Hall–Kier alpha value is -5.07. The lowest BCUT2D eigenvalue weighted by atomic mass is 10.1. The zero-order chi connectivity index (χ0) is 30.0. The van der Waals surface area contributed by atoms with Gasteiger partial charge in [0.05, 0.1) is 26.7 Å². The third-order valence-electron chi connectivity index (χ3n) is 6.94. The van der Waals surface area contributed by atoms with Crippen LogP contribution in [0.15, 0.2) is 118 Å². The molecule has 0 atom stereocenters. The topological polar surface area (TPSA) is 146 Å². The van der Waals surface area contributed by atoms with Gasteiger partial charge in [0.15, 0.2) is 0 Å². The fraction of sp³-hybridized carbons (Fsp3) is 0.0333. The molecule has 12 heteroatoms. The highest BCUT2D eigenvalue weighted by Gasteiger charge is 2.50.